The van der Waals surface area contributed by atoms with E-state index in [1.807, 2.05) is 6.92 Å². The molecule has 100 valence electrons. The van der Waals surface area contributed by atoms with Gasteiger partial charge in [-0.3, -0.25) is 14.3 Å². The Labute approximate surface area is 106 Å². The van der Waals surface area contributed by atoms with Crippen LogP contribution >= 0.6 is 0 Å². The summed E-state index contributed by atoms with van der Waals surface area (Å²) in [6.45, 7) is 6.69. The highest BCUT2D eigenvalue weighted by Gasteiger charge is 2.30. The molecule has 18 heavy (non-hydrogen) atoms. The molecule has 1 rings (SSSR count). The van der Waals surface area contributed by atoms with E-state index in [0.29, 0.717) is 5.69 Å². The zero-order chi connectivity index (χ0) is 14.1. The Balaban J connectivity index is 2.80. The van der Waals surface area contributed by atoms with Gasteiger partial charge < -0.3 is 10.4 Å². The lowest BCUT2D eigenvalue weighted by atomic mass is 9.89. The third-order valence-electron chi connectivity index (χ3n) is 2.95. The molecular formula is C12H19N3O3. The van der Waals surface area contributed by atoms with Gasteiger partial charge in [0.05, 0.1) is 22.5 Å². The van der Waals surface area contributed by atoms with Crippen LogP contribution in [0.3, 0.4) is 0 Å². The zero-order valence-electron chi connectivity index (χ0n) is 11.4. The number of rotatable bonds is 4. The minimum Gasteiger partial charge on any atom is -0.481 e. The van der Waals surface area contributed by atoms with Crippen molar-refractivity contribution in [2.45, 2.75) is 34.1 Å². The van der Waals surface area contributed by atoms with Crippen molar-refractivity contribution >= 4 is 17.6 Å². The fraction of sp³-hybridized carbons (Fsp3) is 0.583. The molecule has 6 nitrogen and oxygen atoms in total. The summed E-state index contributed by atoms with van der Waals surface area (Å²) < 4.78 is 1.67. The van der Waals surface area contributed by atoms with Crippen molar-refractivity contribution in [3.8, 4) is 0 Å². The van der Waals surface area contributed by atoms with E-state index < -0.39 is 11.4 Å². The van der Waals surface area contributed by atoms with Crippen molar-refractivity contribution in [3.63, 3.8) is 0 Å². The molecule has 0 saturated carbocycles. The number of nitrogens with zero attached hydrogens (tertiary/aromatic N) is 2. The minimum atomic E-state index is -1.08. The number of nitrogens with one attached hydrogen (secondary N) is 1. The molecule has 0 aliphatic rings. The summed E-state index contributed by atoms with van der Waals surface area (Å²) in [5.41, 5.74) is 1.14. The molecule has 0 aromatic carbocycles. The van der Waals surface area contributed by atoms with Gasteiger partial charge in [-0.15, -0.1) is 0 Å². The number of hydrogen-bond donors (Lipinski definition) is 2. The van der Waals surface area contributed by atoms with Gasteiger partial charge in [0.25, 0.3) is 0 Å². The molecule has 1 heterocycles. The summed E-state index contributed by atoms with van der Waals surface area (Å²) in [6.07, 6.45) is -0.0733. The van der Waals surface area contributed by atoms with Gasteiger partial charge in [-0.05, 0) is 27.7 Å². The largest absolute Gasteiger partial charge is 0.481 e. The summed E-state index contributed by atoms with van der Waals surface area (Å²) in [5, 5.41) is 15.9. The molecule has 1 aromatic rings. The molecular weight excluding hydrogens is 234 g/mol. The second-order valence-electron chi connectivity index (χ2n) is 5.08. The molecule has 0 saturated heterocycles. The summed E-state index contributed by atoms with van der Waals surface area (Å²) in [5.74, 6) is -1.31. The molecule has 2 N–H and O–H groups in total. The van der Waals surface area contributed by atoms with Crippen molar-refractivity contribution < 1.29 is 14.7 Å². The molecule has 6 heteroatoms. The van der Waals surface area contributed by atoms with Gasteiger partial charge in [0.1, 0.15) is 0 Å². The van der Waals surface area contributed by atoms with Crippen LogP contribution < -0.4 is 5.32 Å². The van der Waals surface area contributed by atoms with Crippen molar-refractivity contribution in [1.82, 2.24) is 9.78 Å². The number of carboxylic acids is 1. The van der Waals surface area contributed by atoms with Crippen molar-refractivity contribution in [2.75, 3.05) is 5.32 Å². The van der Waals surface area contributed by atoms with Crippen LogP contribution in [0.25, 0.3) is 0 Å². The maximum absolute atomic E-state index is 11.8. The lowest BCUT2D eigenvalue weighted by molar-refractivity contribution is -0.148. The summed E-state index contributed by atoms with van der Waals surface area (Å²) >= 11 is 0. The van der Waals surface area contributed by atoms with Crippen LogP contribution in [-0.4, -0.2) is 26.8 Å². The summed E-state index contributed by atoms with van der Waals surface area (Å²) in [4.78, 5) is 22.8. The highest BCUT2D eigenvalue weighted by molar-refractivity contribution is 5.94. The first-order valence-corrected chi connectivity index (χ1v) is 5.68. The highest BCUT2D eigenvalue weighted by Crippen LogP contribution is 2.23. The van der Waals surface area contributed by atoms with Crippen LogP contribution in [0.1, 0.15) is 31.7 Å². The van der Waals surface area contributed by atoms with Crippen molar-refractivity contribution in [2.24, 2.45) is 12.5 Å². The second kappa shape index (κ2) is 4.80. The first-order valence-electron chi connectivity index (χ1n) is 5.68. The average molecular weight is 253 g/mol. The average Bonchev–Trinajstić information content (AvgIpc) is 2.44. The van der Waals surface area contributed by atoms with E-state index in [0.717, 1.165) is 11.4 Å². The molecule has 0 unspecified atom stereocenters. The molecule has 1 amide bonds. The molecule has 0 aliphatic carbocycles. The van der Waals surface area contributed by atoms with E-state index in [1.54, 1.807) is 18.7 Å². The highest BCUT2D eigenvalue weighted by atomic mass is 16.4. The molecule has 1 aromatic heterocycles. The molecule has 0 bridgehead atoms. The maximum atomic E-state index is 11.8. The zero-order valence-corrected chi connectivity index (χ0v) is 11.4. The summed E-state index contributed by atoms with van der Waals surface area (Å²) in [6, 6.07) is 0. The first-order chi connectivity index (χ1) is 8.15. The van der Waals surface area contributed by atoms with Crippen molar-refractivity contribution in [1.29, 1.82) is 0 Å². The Bertz CT molecular complexity index is 489. The molecule has 0 fully saturated rings. The van der Waals surface area contributed by atoms with E-state index in [9.17, 15) is 9.59 Å². The topological polar surface area (TPSA) is 84.2 Å². The number of aliphatic carboxylic acids is 1. The van der Waals surface area contributed by atoms with E-state index in [-0.39, 0.29) is 12.3 Å². The quantitative estimate of drug-likeness (QED) is 0.851. The first kappa shape index (κ1) is 14.2. The van der Waals surface area contributed by atoms with E-state index in [4.69, 9.17) is 5.11 Å². The van der Waals surface area contributed by atoms with Crippen LogP contribution in [0, 0.1) is 19.3 Å². The number of hydrogen-bond acceptors (Lipinski definition) is 3. The van der Waals surface area contributed by atoms with Gasteiger partial charge in [0.2, 0.25) is 5.91 Å². The van der Waals surface area contributed by atoms with Gasteiger partial charge in [0, 0.05) is 13.5 Å². The third kappa shape index (κ3) is 2.88. The van der Waals surface area contributed by atoms with Crippen LogP contribution in [-0.2, 0) is 16.6 Å². The Kier molecular flexibility index (Phi) is 3.79. The fourth-order valence-electron chi connectivity index (χ4n) is 1.62. The Hall–Kier alpha value is -1.85. The number of amides is 1. The van der Waals surface area contributed by atoms with Crippen molar-refractivity contribution in [3.05, 3.63) is 11.4 Å². The van der Waals surface area contributed by atoms with Gasteiger partial charge >= 0.3 is 5.97 Å². The van der Waals surface area contributed by atoms with Gasteiger partial charge in [-0.1, -0.05) is 0 Å². The Morgan fingerprint density at radius 3 is 2.33 bits per heavy atom. The van der Waals surface area contributed by atoms with Crippen LogP contribution in [0.5, 0.6) is 0 Å². The molecule has 0 atom stereocenters. The van der Waals surface area contributed by atoms with Crippen LogP contribution in [0.2, 0.25) is 0 Å². The Morgan fingerprint density at radius 1 is 1.39 bits per heavy atom. The number of carbonyl (C=O) groups excluding carboxylic acids is 1. The molecule has 0 aliphatic heterocycles. The third-order valence-corrected chi connectivity index (χ3v) is 2.95. The van der Waals surface area contributed by atoms with E-state index >= 15 is 0 Å². The standard InChI is InChI=1S/C12H19N3O3/c1-7-10(8(2)15(5)14-7)13-9(16)6-12(3,4)11(17)18/h6H2,1-5H3,(H,13,16)(H,17,18). The number of anilines is 1. The van der Waals surface area contributed by atoms with Gasteiger partial charge in [0.15, 0.2) is 0 Å². The van der Waals surface area contributed by atoms with Gasteiger partial charge in [-0.25, -0.2) is 0 Å². The van der Waals surface area contributed by atoms with Gasteiger partial charge in [-0.2, -0.15) is 5.10 Å². The van der Waals surface area contributed by atoms with E-state index in [1.165, 1.54) is 13.8 Å². The maximum Gasteiger partial charge on any atom is 0.309 e. The summed E-state index contributed by atoms with van der Waals surface area (Å²) in [7, 11) is 1.79. The normalized spacial score (nSPS) is 11.4. The number of aromatic nitrogens is 2. The smallest absolute Gasteiger partial charge is 0.309 e. The lowest BCUT2D eigenvalue weighted by Crippen LogP contribution is -2.29. The number of carbonyl (C=O) groups is 2. The number of aryl methyl sites for hydroxylation is 2. The molecule has 0 spiro atoms. The van der Waals surface area contributed by atoms with Crippen LogP contribution in [0.4, 0.5) is 5.69 Å². The monoisotopic (exact) mass is 253 g/mol. The fourth-order valence-corrected chi connectivity index (χ4v) is 1.62. The Morgan fingerprint density at radius 2 is 1.94 bits per heavy atom. The minimum absolute atomic E-state index is 0.0733. The predicted octanol–water partition coefficient (Wildman–Crippen LogP) is 1.48. The lowest BCUT2D eigenvalue weighted by Gasteiger charge is -2.18. The second-order valence-corrected chi connectivity index (χ2v) is 5.08. The SMILES string of the molecule is Cc1nn(C)c(C)c1NC(=O)CC(C)(C)C(=O)O. The van der Waals surface area contributed by atoms with Crippen LogP contribution in [0.15, 0.2) is 0 Å². The van der Waals surface area contributed by atoms with E-state index in [2.05, 4.69) is 10.4 Å². The number of carboxylic acid groups (broad SMARTS) is 1. The predicted molar refractivity (Wildman–Crippen MR) is 67.3 cm³/mol. The molecule has 0 radical (unpaired) electrons.